The van der Waals surface area contributed by atoms with Crippen molar-refractivity contribution in [2.75, 3.05) is 6.54 Å². The van der Waals surface area contributed by atoms with Crippen molar-refractivity contribution in [2.24, 2.45) is 0 Å². The summed E-state index contributed by atoms with van der Waals surface area (Å²) < 4.78 is 28.1. The minimum Gasteiger partial charge on any atom is -0.313 e. The number of benzene rings is 2. The van der Waals surface area contributed by atoms with Crippen molar-refractivity contribution in [1.82, 2.24) is 5.32 Å². The highest BCUT2D eigenvalue weighted by Crippen LogP contribution is 2.32. The number of hydrogen-bond acceptors (Lipinski definition) is 1. The van der Waals surface area contributed by atoms with E-state index in [4.69, 9.17) is 11.6 Å². The number of halogens is 4. The van der Waals surface area contributed by atoms with Gasteiger partial charge < -0.3 is 5.32 Å². The van der Waals surface area contributed by atoms with Gasteiger partial charge in [0.25, 0.3) is 0 Å². The molecule has 0 atom stereocenters. The lowest BCUT2D eigenvalue weighted by molar-refractivity contribution is 0.585. The highest BCUT2D eigenvalue weighted by Gasteiger charge is 2.15. The lowest BCUT2D eigenvalue weighted by atomic mass is 10.0. The molecular formula is C15H13BrClF2N. The maximum atomic E-state index is 14.0. The van der Waals surface area contributed by atoms with Crippen LogP contribution < -0.4 is 5.32 Å². The molecule has 0 spiro atoms. The third-order valence-corrected chi connectivity index (χ3v) is 3.92. The van der Waals surface area contributed by atoms with E-state index in [9.17, 15) is 8.78 Å². The molecule has 0 aliphatic carbocycles. The Morgan fingerprint density at radius 2 is 1.95 bits per heavy atom. The number of hydrogen-bond donors (Lipinski definition) is 1. The molecule has 2 aromatic rings. The van der Waals surface area contributed by atoms with Gasteiger partial charge in [0.05, 0.1) is 10.0 Å². The largest absolute Gasteiger partial charge is 0.313 e. The monoisotopic (exact) mass is 359 g/mol. The van der Waals surface area contributed by atoms with E-state index in [1.165, 1.54) is 12.1 Å². The zero-order valence-electron chi connectivity index (χ0n) is 10.8. The van der Waals surface area contributed by atoms with Gasteiger partial charge in [-0.05, 0) is 51.8 Å². The Kier molecular flexibility index (Phi) is 5.13. The fourth-order valence-electron chi connectivity index (χ4n) is 1.90. The van der Waals surface area contributed by atoms with E-state index in [0.717, 1.165) is 12.1 Å². The average molecular weight is 361 g/mol. The predicted molar refractivity (Wildman–Crippen MR) is 81.9 cm³/mol. The lowest BCUT2D eigenvalue weighted by Gasteiger charge is -2.10. The Labute approximate surface area is 130 Å². The molecule has 0 fully saturated rings. The summed E-state index contributed by atoms with van der Waals surface area (Å²) in [4.78, 5) is 0. The van der Waals surface area contributed by atoms with Gasteiger partial charge in [-0.2, -0.15) is 0 Å². The van der Waals surface area contributed by atoms with E-state index in [1.54, 1.807) is 18.2 Å². The minimum atomic E-state index is -0.625. The van der Waals surface area contributed by atoms with Gasteiger partial charge in [0.2, 0.25) is 0 Å². The van der Waals surface area contributed by atoms with E-state index in [2.05, 4.69) is 21.2 Å². The summed E-state index contributed by atoms with van der Waals surface area (Å²) >= 11 is 9.22. The highest BCUT2D eigenvalue weighted by molar-refractivity contribution is 9.10. The van der Waals surface area contributed by atoms with Crippen LogP contribution in [0.5, 0.6) is 0 Å². The van der Waals surface area contributed by atoms with Crippen molar-refractivity contribution in [3.05, 3.63) is 57.0 Å². The Balaban J connectivity index is 2.44. The van der Waals surface area contributed by atoms with Crippen LogP contribution in [0.4, 0.5) is 8.78 Å². The van der Waals surface area contributed by atoms with Crippen LogP contribution >= 0.6 is 27.5 Å². The van der Waals surface area contributed by atoms with Crippen molar-refractivity contribution in [3.8, 4) is 11.1 Å². The molecule has 2 aromatic carbocycles. The van der Waals surface area contributed by atoms with Crippen LogP contribution in [-0.4, -0.2) is 6.54 Å². The van der Waals surface area contributed by atoms with Gasteiger partial charge in [-0.1, -0.05) is 30.7 Å². The third-order valence-electron chi connectivity index (χ3n) is 2.95. The number of rotatable bonds is 4. The summed E-state index contributed by atoms with van der Waals surface area (Å²) in [5.41, 5.74) is 1.25. The highest BCUT2D eigenvalue weighted by atomic mass is 79.9. The molecule has 5 heteroatoms. The summed E-state index contributed by atoms with van der Waals surface area (Å²) in [6.07, 6.45) is 0. The Morgan fingerprint density at radius 1 is 1.20 bits per heavy atom. The SMILES string of the molecule is CCNCc1ccc(-c2c(F)ccc(Br)c2F)cc1Cl. The van der Waals surface area contributed by atoms with Gasteiger partial charge in [-0.25, -0.2) is 8.78 Å². The zero-order chi connectivity index (χ0) is 14.7. The molecule has 1 N–H and O–H groups in total. The molecule has 0 aromatic heterocycles. The van der Waals surface area contributed by atoms with Crippen LogP contribution in [0.1, 0.15) is 12.5 Å². The van der Waals surface area contributed by atoms with Crippen LogP contribution in [0.25, 0.3) is 11.1 Å². The fourth-order valence-corrected chi connectivity index (χ4v) is 2.48. The first kappa shape index (κ1) is 15.4. The average Bonchev–Trinajstić information content (AvgIpc) is 2.42. The minimum absolute atomic E-state index is 0.0729. The molecule has 2 rings (SSSR count). The topological polar surface area (TPSA) is 12.0 Å². The first-order valence-corrected chi connectivity index (χ1v) is 7.34. The fraction of sp³-hybridized carbons (Fsp3) is 0.200. The van der Waals surface area contributed by atoms with E-state index >= 15 is 0 Å². The molecule has 20 heavy (non-hydrogen) atoms. The first-order valence-electron chi connectivity index (χ1n) is 6.17. The van der Waals surface area contributed by atoms with Gasteiger partial charge >= 0.3 is 0 Å². The second-order valence-corrected chi connectivity index (χ2v) is 5.57. The van der Waals surface area contributed by atoms with E-state index in [1.807, 2.05) is 6.92 Å². The third kappa shape index (κ3) is 3.19. The van der Waals surface area contributed by atoms with Gasteiger partial charge in [0.15, 0.2) is 0 Å². The molecule has 0 saturated heterocycles. The van der Waals surface area contributed by atoms with Crippen molar-refractivity contribution < 1.29 is 8.78 Å². The summed E-state index contributed by atoms with van der Waals surface area (Å²) in [6, 6.07) is 7.60. The summed E-state index contributed by atoms with van der Waals surface area (Å²) in [6.45, 7) is 3.44. The van der Waals surface area contributed by atoms with E-state index in [0.29, 0.717) is 17.1 Å². The summed E-state index contributed by atoms with van der Waals surface area (Å²) in [5, 5.41) is 3.64. The van der Waals surface area contributed by atoms with Crippen LogP contribution in [0.2, 0.25) is 5.02 Å². The zero-order valence-corrected chi connectivity index (χ0v) is 13.2. The van der Waals surface area contributed by atoms with Gasteiger partial charge in [-0.3, -0.25) is 0 Å². The Hall–Kier alpha value is -0.970. The van der Waals surface area contributed by atoms with Crippen molar-refractivity contribution in [1.29, 1.82) is 0 Å². The maximum absolute atomic E-state index is 14.0. The number of nitrogens with one attached hydrogen (secondary N) is 1. The van der Waals surface area contributed by atoms with Crippen LogP contribution in [0.3, 0.4) is 0 Å². The standard InChI is InChI=1S/C15H13BrClF2N/c1-2-20-8-10-4-3-9(7-12(10)17)14-13(18)6-5-11(16)15(14)19/h3-7,20H,2,8H2,1H3. The second kappa shape index (κ2) is 6.66. The molecule has 0 saturated carbocycles. The Bertz CT molecular complexity index is 632. The molecule has 0 bridgehead atoms. The molecule has 106 valence electrons. The molecule has 0 radical (unpaired) electrons. The Morgan fingerprint density at radius 3 is 2.60 bits per heavy atom. The smallest absolute Gasteiger partial charge is 0.148 e. The van der Waals surface area contributed by atoms with Crippen molar-refractivity contribution in [3.63, 3.8) is 0 Å². The quantitative estimate of drug-likeness (QED) is 0.743. The van der Waals surface area contributed by atoms with Crippen molar-refractivity contribution >= 4 is 27.5 Å². The van der Waals surface area contributed by atoms with Crippen LogP contribution in [0, 0.1) is 11.6 Å². The molecule has 1 nitrogen and oxygen atoms in total. The van der Waals surface area contributed by atoms with Crippen molar-refractivity contribution in [2.45, 2.75) is 13.5 Å². The maximum Gasteiger partial charge on any atom is 0.148 e. The molecule has 0 unspecified atom stereocenters. The molecule has 0 heterocycles. The summed E-state index contributed by atoms with van der Waals surface area (Å²) in [7, 11) is 0. The second-order valence-electron chi connectivity index (χ2n) is 4.30. The lowest BCUT2D eigenvalue weighted by Crippen LogP contribution is -2.12. The normalized spacial score (nSPS) is 10.8. The molecule has 0 aliphatic rings. The van der Waals surface area contributed by atoms with Crippen LogP contribution in [-0.2, 0) is 6.54 Å². The van der Waals surface area contributed by atoms with Gasteiger partial charge in [-0.15, -0.1) is 0 Å². The predicted octanol–water partition coefficient (Wildman–Crippen LogP) is 5.16. The molecule has 0 amide bonds. The van der Waals surface area contributed by atoms with Gasteiger partial charge in [0, 0.05) is 11.6 Å². The molecule has 0 aliphatic heterocycles. The van der Waals surface area contributed by atoms with Gasteiger partial charge in [0.1, 0.15) is 11.6 Å². The van der Waals surface area contributed by atoms with E-state index < -0.39 is 11.6 Å². The van der Waals surface area contributed by atoms with Crippen LogP contribution in [0.15, 0.2) is 34.8 Å². The summed E-state index contributed by atoms with van der Waals surface area (Å²) in [5.74, 6) is -1.23. The first-order chi connectivity index (χ1) is 9.54. The van der Waals surface area contributed by atoms with E-state index in [-0.39, 0.29) is 10.0 Å². The molecular weight excluding hydrogens is 348 g/mol.